The van der Waals surface area contributed by atoms with Gasteiger partial charge in [0.1, 0.15) is 70.0 Å². The molecule has 32 heteroatoms. The molecule has 0 fully saturated rings. The van der Waals surface area contributed by atoms with E-state index in [1.807, 2.05) is 133 Å². The minimum atomic E-state index is -0.726. The van der Waals surface area contributed by atoms with Crippen LogP contribution >= 0.6 is 54.0 Å². The highest BCUT2D eigenvalue weighted by Gasteiger charge is 2.29. The molecule has 16 aromatic rings. The average Bonchev–Trinajstić information content (AvgIpc) is 1.66. The Balaban J connectivity index is 0.000000208. The van der Waals surface area contributed by atoms with E-state index in [1.165, 1.54) is 71.3 Å². The van der Waals surface area contributed by atoms with Gasteiger partial charge in [-0.05, 0) is 113 Å². The first-order valence-electron chi connectivity index (χ1n) is 46.1. The fraction of sp³-hybridized carbons (Fsp3) is 0.303. The van der Waals surface area contributed by atoms with Gasteiger partial charge in [0.2, 0.25) is 23.6 Å². The first kappa shape index (κ1) is 111. The van der Waals surface area contributed by atoms with Crippen LogP contribution in [0, 0.1) is 27.7 Å². The smallest absolute Gasteiger partial charge is 0.328 e. The van der Waals surface area contributed by atoms with Gasteiger partial charge < -0.3 is 76.6 Å². The van der Waals surface area contributed by atoms with Crippen molar-refractivity contribution in [1.29, 1.82) is 0 Å². The number of hydrogen-bond acceptors (Lipinski definition) is 20. The predicted molar refractivity (Wildman–Crippen MR) is 567 cm³/mol. The van der Waals surface area contributed by atoms with E-state index >= 15 is 0 Å². The van der Waals surface area contributed by atoms with Crippen molar-refractivity contribution in [2.75, 3.05) is 27.9 Å². The largest absolute Gasteiger partial charge is 0.467 e. The van der Waals surface area contributed by atoms with E-state index in [-0.39, 0.29) is 84.2 Å². The Labute approximate surface area is 848 Å². The van der Waals surface area contributed by atoms with Gasteiger partial charge in [-0.25, -0.2) is 19.2 Å². The topological polar surface area (TPSA) is 345 Å². The molecule has 0 aliphatic heterocycles. The second-order valence-corrected chi connectivity index (χ2v) is 34.2. The van der Waals surface area contributed by atoms with Crippen molar-refractivity contribution in [1.82, 2.24) is 60.2 Å². The van der Waals surface area contributed by atoms with Gasteiger partial charge in [-0.15, -0.1) is 0 Å². The summed E-state index contributed by atoms with van der Waals surface area (Å²) in [5, 5.41) is 31.9. The molecule has 8 aromatic carbocycles. The molecule has 0 aliphatic carbocycles. The molecular formula is C109H126N12O16S4. The zero-order chi connectivity index (χ0) is 97.0. The predicted octanol–water partition coefficient (Wildman–Crippen LogP) is 18.7. The molecule has 8 aromatic heterocycles. The number of fused-ring (bicyclic) bond motifs is 4. The number of carbonyl (C=O) groups is 8. The monoisotopic (exact) mass is 1990 g/mol. The minimum Gasteiger partial charge on any atom is -0.467 e. The highest BCUT2D eigenvalue weighted by atomic mass is 32.1. The summed E-state index contributed by atoms with van der Waals surface area (Å²) in [5.41, 5.74) is 20.7. The number of methoxy groups -OCH3 is 3. The minimum absolute atomic E-state index is 0. The Morgan fingerprint density at radius 2 is 0.553 bits per heavy atom. The molecule has 4 N–H and O–H groups in total. The van der Waals surface area contributed by atoms with Crippen LogP contribution in [0.15, 0.2) is 261 Å². The van der Waals surface area contributed by atoms with Crippen molar-refractivity contribution in [2.24, 2.45) is 0 Å². The number of aryl methyl sites for hydroxylation is 12. The zero-order valence-corrected chi connectivity index (χ0v) is 85.5. The van der Waals surface area contributed by atoms with Crippen LogP contribution in [-0.2, 0) is 135 Å². The van der Waals surface area contributed by atoms with Crippen LogP contribution in [0.1, 0.15) is 128 Å². The van der Waals surface area contributed by atoms with E-state index in [2.05, 4.69) is 198 Å². The first-order chi connectivity index (χ1) is 66.3. The van der Waals surface area contributed by atoms with E-state index < -0.39 is 48.0 Å². The standard InChI is InChI=1S/C28H31N3O4.3C27H29N3O4.4H2S/c1-4-34-28(33)26(29-20(3)32)16-22-18-31(27-10-6-5-9-24(22)27)15-7-8-23-17-25(30-35-23)21-13-11-19(2)12-14-21;1-18-8-6-9-20(14-18)24-16-22(34-29-24)10-7-13-30-17-21(23-11-4-5-12-26(23)30)15-25(27(32)33-3)28-19(2)31;2*1-18-10-12-20(13-11-18)24-16-22(34-29-24)7-6-14-30-17-21(23-8-4-5-9-26(23)30)15-25(27(32)33-3)28-19(2)31;;;;/h5-6,9-14,17-18,26H,4,7-8,15-16H2,1-3H3,(H,29,32);4-6,8-9,11-12,14,16-17,25H,7,10,13,15H2,1-3H3,(H,28,31);2*4-5,8-13,16-17,25H,6-7,14-15H2,1-3H3,(H,28,31);4*1H2. The summed E-state index contributed by atoms with van der Waals surface area (Å²) in [6.07, 6.45) is 16.2. The molecule has 28 nitrogen and oxygen atoms in total. The van der Waals surface area contributed by atoms with Crippen molar-refractivity contribution >= 4 is 145 Å². The van der Waals surface area contributed by atoms with Gasteiger partial charge in [-0.1, -0.05) is 207 Å². The maximum Gasteiger partial charge on any atom is 0.328 e. The Hall–Kier alpha value is -14.1. The second kappa shape index (κ2) is 53.9. The maximum atomic E-state index is 12.4. The molecule has 4 atom stereocenters. The van der Waals surface area contributed by atoms with E-state index in [1.54, 1.807) is 6.92 Å². The van der Waals surface area contributed by atoms with Crippen molar-refractivity contribution in [3.05, 3.63) is 311 Å². The molecular weight excluding hydrogens is 1860 g/mol. The molecule has 0 bridgehead atoms. The third kappa shape index (κ3) is 30.7. The summed E-state index contributed by atoms with van der Waals surface area (Å²) in [5.74, 6) is 0.550. The fourth-order valence-electron chi connectivity index (χ4n) is 16.9. The van der Waals surface area contributed by atoms with E-state index in [9.17, 15) is 38.4 Å². The summed E-state index contributed by atoms with van der Waals surface area (Å²) < 4.78 is 50.8. The molecule has 742 valence electrons. The zero-order valence-electron chi connectivity index (χ0n) is 81.5. The average molecular weight is 1990 g/mol. The Morgan fingerprint density at radius 1 is 0.305 bits per heavy atom. The van der Waals surface area contributed by atoms with Crippen molar-refractivity contribution < 1.29 is 75.4 Å². The number of esters is 4. The lowest BCUT2D eigenvalue weighted by molar-refractivity contribution is -0.147. The van der Waals surface area contributed by atoms with Crippen LogP contribution in [0.5, 0.6) is 0 Å². The number of benzene rings is 8. The van der Waals surface area contributed by atoms with Crippen LogP contribution in [0.25, 0.3) is 88.6 Å². The highest BCUT2D eigenvalue weighted by Crippen LogP contribution is 2.32. The van der Waals surface area contributed by atoms with Gasteiger partial charge in [0.25, 0.3) is 0 Å². The molecule has 0 spiro atoms. The van der Waals surface area contributed by atoms with Gasteiger partial charge in [0, 0.05) is 220 Å². The molecule has 8 heterocycles. The molecule has 0 saturated carbocycles. The lowest BCUT2D eigenvalue weighted by Crippen LogP contribution is -2.42. The number of aromatic nitrogens is 8. The van der Waals surface area contributed by atoms with Crippen molar-refractivity contribution in [2.45, 2.75) is 190 Å². The second-order valence-electron chi connectivity index (χ2n) is 34.2. The lowest BCUT2D eigenvalue weighted by Gasteiger charge is -2.16. The summed E-state index contributed by atoms with van der Waals surface area (Å²) >= 11 is 0. The van der Waals surface area contributed by atoms with E-state index in [0.717, 1.165) is 211 Å². The Kier molecular flexibility index (Phi) is 42.3. The summed E-state index contributed by atoms with van der Waals surface area (Å²) in [7, 11) is 3.98. The molecule has 0 aliphatic rings. The number of ether oxygens (including phenoxy) is 4. The van der Waals surface area contributed by atoms with Crippen LogP contribution in [-0.4, -0.2) is 139 Å². The van der Waals surface area contributed by atoms with Crippen molar-refractivity contribution in [3.8, 4) is 45.0 Å². The number of amides is 4. The van der Waals surface area contributed by atoms with Gasteiger partial charge in [0.05, 0.1) is 27.9 Å². The number of carbonyl (C=O) groups excluding carboxylic acids is 8. The Bertz CT molecular complexity index is 6620. The third-order valence-electron chi connectivity index (χ3n) is 23.6. The highest BCUT2D eigenvalue weighted by molar-refractivity contribution is 7.59. The van der Waals surface area contributed by atoms with Gasteiger partial charge >= 0.3 is 23.9 Å². The van der Waals surface area contributed by atoms with Crippen LogP contribution in [0.3, 0.4) is 0 Å². The molecule has 0 radical (unpaired) electrons. The molecule has 4 amide bonds. The van der Waals surface area contributed by atoms with Crippen molar-refractivity contribution in [3.63, 3.8) is 0 Å². The van der Waals surface area contributed by atoms with E-state index in [0.29, 0.717) is 25.7 Å². The number of para-hydroxylation sites is 4. The molecule has 0 saturated heterocycles. The molecule has 16 rings (SSSR count). The normalized spacial score (nSPS) is 11.6. The maximum absolute atomic E-state index is 12.4. The summed E-state index contributed by atoms with van der Waals surface area (Å²) in [6.45, 7) is 19.0. The first-order valence-corrected chi connectivity index (χ1v) is 46.1. The number of nitrogens with one attached hydrogen (secondary N) is 4. The van der Waals surface area contributed by atoms with Gasteiger partial charge in [0.15, 0.2) is 0 Å². The van der Waals surface area contributed by atoms with Gasteiger partial charge in [-0.3, -0.25) is 19.2 Å². The third-order valence-corrected chi connectivity index (χ3v) is 23.6. The summed E-state index contributed by atoms with van der Waals surface area (Å²) in [6, 6.07) is 70.3. The molecule has 141 heavy (non-hydrogen) atoms. The van der Waals surface area contributed by atoms with Crippen LogP contribution < -0.4 is 21.3 Å². The SMILES string of the molecule is CCOC(=O)C(Cc1cn(CCCc2cc(-c3ccc(C)cc3)no2)c2ccccc12)NC(C)=O.COC(=O)C(Cc1cn(CCCc2cc(-c3ccc(C)cc3)no2)c2ccccc12)NC(C)=O.COC(=O)C(Cc1cn(CCCc2cc(-c3ccc(C)cc3)no2)c2ccccc12)NC(C)=O.COC(=O)C(Cc1cn(CCCc2cc(-c3cccc(C)c3)no2)c2ccccc12)NC(C)=O.S.S.S.S. The van der Waals surface area contributed by atoms with E-state index in [4.69, 9.17) is 37.0 Å². The van der Waals surface area contributed by atoms with Crippen LogP contribution in [0.4, 0.5) is 0 Å². The fourth-order valence-corrected chi connectivity index (χ4v) is 16.9. The number of hydrogen-bond donors (Lipinski definition) is 4. The molecule has 4 unspecified atom stereocenters. The van der Waals surface area contributed by atoms with Crippen LogP contribution in [0.2, 0.25) is 0 Å². The quantitative estimate of drug-likeness (QED) is 0.0207. The lowest BCUT2D eigenvalue weighted by atomic mass is 10.0. The number of rotatable bonds is 37. The summed E-state index contributed by atoms with van der Waals surface area (Å²) in [4.78, 5) is 95.4. The van der Waals surface area contributed by atoms with Gasteiger partial charge in [-0.2, -0.15) is 54.0 Å². The Morgan fingerprint density at radius 3 is 0.794 bits per heavy atom. The number of nitrogens with zero attached hydrogens (tertiary/aromatic N) is 8.